The number of rotatable bonds is 1. The molecule has 5 nitrogen and oxygen atoms in total. The first-order valence-electron chi connectivity index (χ1n) is 7.04. The normalized spacial score (nSPS) is 24.9. The third-order valence-corrected chi connectivity index (χ3v) is 5.36. The maximum atomic E-state index is 12.1. The summed E-state index contributed by atoms with van der Waals surface area (Å²) in [6.45, 7) is 1.35. The standard InChI is InChI=1S/C14H19N3O2S/c15-10-11-6-2-1-5-9-17(11)14-12-7-3-4-8-13(12)20(18,19)16-14/h3-4,7-8,11H,1-2,5-6,9-10,15H2. The molecule has 6 heteroatoms. The monoisotopic (exact) mass is 293 g/mol. The fourth-order valence-corrected chi connectivity index (χ4v) is 4.21. The number of nitrogens with two attached hydrogens (primary N) is 1. The van der Waals surface area contributed by atoms with E-state index in [1.807, 2.05) is 12.1 Å². The average Bonchev–Trinajstić information content (AvgIpc) is 2.62. The minimum atomic E-state index is -3.54. The molecule has 0 radical (unpaired) electrons. The lowest BCUT2D eigenvalue weighted by Gasteiger charge is -2.30. The first kappa shape index (κ1) is 13.6. The summed E-state index contributed by atoms with van der Waals surface area (Å²) in [4.78, 5) is 2.41. The van der Waals surface area contributed by atoms with E-state index in [1.165, 1.54) is 0 Å². The molecule has 0 spiro atoms. The van der Waals surface area contributed by atoms with Crippen molar-refractivity contribution in [3.05, 3.63) is 29.8 Å². The number of benzene rings is 1. The zero-order chi connectivity index (χ0) is 14.2. The molecule has 1 saturated heterocycles. The van der Waals surface area contributed by atoms with Crippen LogP contribution in [-0.4, -0.2) is 38.3 Å². The van der Waals surface area contributed by atoms with Gasteiger partial charge in [-0.1, -0.05) is 25.0 Å². The van der Waals surface area contributed by atoms with Crippen molar-refractivity contribution >= 4 is 15.9 Å². The minimum absolute atomic E-state index is 0.178. The molecular weight excluding hydrogens is 274 g/mol. The lowest BCUT2D eigenvalue weighted by Crippen LogP contribution is -2.44. The van der Waals surface area contributed by atoms with Gasteiger partial charge in [-0.25, -0.2) is 0 Å². The molecular formula is C14H19N3O2S. The lowest BCUT2D eigenvalue weighted by molar-refractivity contribution is 0.322. The van der Waals surface area contributed by atoms with Crippen molar-refractivity contribution in [3.8, 4) is 0 Å². The van der Waals surface area contributed by atoms with E-state index in [9.17, 15) is 8.42 Å². The van der Waals surface area contributed by atoms with Crippen LogP contribution >= 0.6 is 0 Å². The molecule has 20 heavy (non-hydrogen) atoms. The first-order chi connectivity index (χ1) is 9.63. The third kappa shape index (κ3) is 2.23. The van der Waals surface area contributed by atoms with Gasteiger partial charge in [-0.15, -0.1) is 4.40 Å². The molecule has 2 aliphatic rings. The van der Waals surface area contributed by atoms with Crippen molar-refractivity contribution in [2.24, 2.45) is 10.1 Å². The molecule has 1 atom stereocenters. The van der Waals surface area contributed by atoms with Gasteiger partial charge in [-0.3, -0.25) is 0 Å². The second kappa shape index (κ2) is 5.18. The Morgan fingerprint density at radius 1 is 1.25 bits per heavy atom. The van der Waals surface area contributed by atoms with Gasteiger partial charge in [0.15, 0.2) is 5.84 Å². The van der Waals surface area contributed by atoms with Crippen molar-refractivity contribution in [2.75, 3.05) is 13.1 Å². The van der Waals surface area contributed by atoms with Gasteiger partial charge in [-0.05, 0) is 25.0 Å². The number of hydrogen-bond donors (Lipinski definition) is 1. The summed E-state index contributed by atoms with van der Waals surface area (Å²) in [5.74, 6) is 0.581. The van der Waals surface area contributed by atoms with E-state index in [1.54, 1.807) is 12.1 Å². The number of sulfonamides is 1. The fourth-order valence-electron chi connectivity index (χ4n) is 3.00. The van der Waals surface area contributed by atoms with Gasteiger partial charge in [-0.2, -0.15) is 8.42 Å². The Kier molecular flexibility index (Phi) is 3.52. The Morgan fingerprint density at radius 2 is 2.05 bits per heavy atom. The molecule has 0 aromatic heterocycles. The largest absolute Gasteiger partial charge is 0.351 e. The predicted molar refractivity (Wildman–Crippen MR) is 78.2 cm³/mol. The van der Waals surface area contributed by atoms with Gasteiger partial charge >= 0.3 is 0 Å². The summed E-state index contributed by atoms with van der Waals surface area (Å²) in [6.07, 6.45) is 4.35. The number of amidine groups is 1. The Hall–Kier alpha value is -1.40. The Balaban J connectivity index is 2.05. The van der Waals surface area contributed by atoms with Crippen molar-refractivity contribution in [1.29, 1.82) is 0 Å². The van der Waals surface area contributed by atoms with E-state index in [2.05, 4.69) is 9.30 Å². The van der Waals surface area contributed by atoms with Gasteiger partial charge in [0.1, 0.15) is 4.90 Å². The molecule has 1 aromatic carbocycles. The van der Waals surface area contributed by atoms with Crippen molar-refractivity contribution < 1.29 is 8.42 Å². The van der Waals surface area contributed by atoms with Crippen LogP contribution < -0.4 is 5.73 Å². The van der Waals surface area contributed by atoms with Crippen LogP contribution in [0.15, 0.2) is 33.6 Å². The van der Waals surface area contributed by atoms with Crippen LogP contribution in [0.5, 0.6) is 0 Å². The molecule has 0 saturated carbocycles. The van der Waals surface area contributed by atoms with Gasteiger partial charge in [0, 0.05) is 24.7 Å². The van der Waals surface area contributed by atoms with Crippen LogP contribution in [0.4, 0.5) is 0 Å². The highest BCUT2D eigenvalue weighted by molar-refractivity contribution is 7.90. The molecule has 2 heterocycles. The van der Waals surface area contributed by atoms with E-state index in [4.69, 9.17) is 5.73 Å². The van der Waals surface area contributed by atoms with Crippen molar-refractivity contribution in [1.82, 2.24) is 4.90 Å². The Bertz CT molecular complexity index is 640. The number of nitrogens with zero attached hydrogens (tertiary/aromatic N) is 2. The summed E-state index contributed by atoms with van der Waals surface area (Å²) < 4.78 is 28.3. The highest BCUT2D eigenvalue weighted by Gasteiger charge is 2.34. The fraction of sp³-hybridized carbons (Fsp3) is 0.500. The topological polar surface area (TPSA) is 75.8 Å². The summed E-state index contributed by atoms with van der Waals surface area (Å²) in [5.41, 5.74) is 6.59. The van der Waals surface area contributed by atoms with Crippen molar-refractivity contribution in [3.63, 3.8) is 0 Å². The summed E-state index contributed by atoms with van der Waals surface area (Å²) in [7, 11) is -3.54. The summed E-state index contributed by atoms with van der Waals surface area (Å²) >= 11 is 0. The molecule has 1 unspecified atom stereocenters. The molecule has 2 N–H and O–H groups in total. The third-order valence-electron chi connectivity index (χ3n) is 4.03. The van der Waals surface area contributed by atoms with E-state index in [0.717, 1.165) is 32.2 Å². The van der Waals surface area contributed by atoms with Crippen LogP contribution in [0.2, 0.25) is 0 Å². The zero-order valence-corrected chi connectivity index (χ0v) is 12.1. The quantitative estimate of drug-likeness (QED) is 0.847. The SMILES string of the molecule is NCC1CCCCCN1C1=NS(=O)(=O)c2ccccc21. The van der Waals surface area contributed by atoms with E-state index in [0.29, 0.717) is 22.8 Å². The molecule has 1 fully saturated rings. The molecule has 2 aliphatic heterocycles. The van der Waals surface area contributed by atoms with Gasteiger partial charge < -0.3 is 10.6 Å². The molecule has 1 aromatic rings. The molecule has 0 bridgehead atoms. The second-order valence-corrected chi connectivity index (χ2v) is 6.89. The zero-order valence-electron chi connectivity index (χ0n) is 11.3. The van der Waals surface area contributed by atoms with E-state index < -0.39 is 10.0 Å². The number of likely N-dealkylation sites (tertiary alicyclic amines) is 1. The average molecular weight is 293 g/mol. The predicted octanol–water partition coefficient (Wildman–Crippen LogP) is 1.34. The van der Waals surface area contributed by atoms with Gasteiger partial charge in [0.2, 0.25) is 0 Å². The smallest absolute Gasteiger partial charge is 0.285 e. The number of hydrogen-bond acceptors (Lipinski definition) is 4. The van der Waals surface area contributed by atoms with E-state index >= 15 is 0 Å². The van der Waals surface area contributed by atoms with Crippen molar-refractivity contribution in [2.45, 2.75) is 36.6 Å². The molecule has 0 aliphatic carbocycles. The molecule has 0 amide bonds. The van der Waals surface area contributed by atoms with Crippen LogP contribution in [-0.2, 0) is 10.0 Å². The highest BCUT2D eigenvalue weighted by atomic mass is 32.2. The van der Waals surface area contributed by atoms with E-state index in [-0.39, 0.29) is 6.04 Å². The Morgan fingerprint density at radius 3 is 2.85 bits per heavy atom. The van der Waals surface area contributed by atoms with Crippen LogP contribution in [0.25, 0.3) is 0 Å². The lowest BCUT2D eigenvalue weighted by atomic mass is 10.1. The van der Waals surface area contributed by atoms with Gasteiger partial charge in [0.05, 0.1) is 0 Å². The maximum Gasteiger partial charge on any atom is 0.285 e. The van der Waals surface area contributed by atoms with Crippen LogP contribution in [0, 0.1) is 0 Å². The summed E-state index contributed by atoms with van der Waals surface area (Å²) in [5, 5.41) is 0. The van der Waals surface area contributed by atoms with Gasteiger partial charge in [0.25, 0.3) is 10.0 Å². The molecule has 108 valence electrons. The second-order valence-electron chi connectivity index (χ2n) is 5.32. The Labute approximate surface area is 119 Å². The van der Waals surface area contributed by atoms with Crippen LogP contribution in [0.3, 0.4) is 0 Å². The highest BCUT2D eigenvalue weighted by Crippen LogP contribution is 2.30. The maximum absolute atomic E-state index is 12.1. The minimum Gasteiger partial charge on any atom is -0.351 e. The molecule has 3 rings (SSSR count). The first-order valence-corrected chi connectivity index (χ1v) is 8.48. The van der Waals surface area contributed by atoms with Crippen LogP contribution in [0.1, 0.15) is 31.2 Å². The summed E-state index contributed by atoms with van der Waals surface area (Å²) in [6, 6.07) is 7.22. The number of fused-ring (bicyclic) bond motifs is 1.